The summed E-state index contributed by atoms with van der Waals surface area (Å²) in [6, 6.07) is 0.188. The third-order valence-corrected chi connectivity index (χ3v) is 2.13. The number of unbranched alkanes of at least 4 members (excludes halogenated alkanes) is 2. The summed E-state index contributed by atoms with van der Waals surface area (Å²) >= 11 is 0. The predicted octanol–water partition coefficient (Wildman–Crippen LogP) is 1.42. The van der Waals surface area contributed by atoms with E-state index in [-0.39, 0.29) is 11.9 Å². The molecule has 0 aromatic carbocycles. The number of carbonyl (C=O) groups excluding carboxylic acids is 1. The molecule has 0 fully saturated rings. The molecule has 0 aliphatic heterocycles. The summed E-state index contributed by atoms with van der Waals surface area (Å²) in [5.41, 5.74) is 5.58. The summed E-state index contributed by atoms with van der Waals surface area (Å²) in [5, 5.41) is 2.87. The Morgan fingerprint density at radius 2 is 2.20 bits per heavy atom. The summed E-state index contributed by atoms with van der Waals surface area (Å²) < 4.78 is 0. The fraction of sp³-hybridized carbons (Fsp3) is 0.750. The number of amides is 1. The van der Waals surface area contributed by atoms with Gasteiger partial charge in [0.25, 0.3) is 0 Å². The van der Waals surface area contributed by atoms with E-state index in [0.29, 0.717) is 6.42 Å². The molecule has 3 N–H and O–H groups in total. The van der Waals surface area contributed by atoms with E-state index in [0.717, 1.165) is 38.6 Å². The molecule has 3 heteroatoms. The van der Waals surface area contributed by atoms with Gasteiger partial charge in [-0.2, -0.15) is 0 Å². The van der Waals surface area contributed by atoms with Crippen LogP contribution in [-0.4, -0.2) is 18.5 Å². The fourth-order valence-electron chi connectivity index (χ4n) is 1.25. The number of terminal acetylenes is 1. The SMILES string of the molecule is C#CCCCCNC(=O)CCCC(C)N. The van der Waals surface area contributed by atoms with Crippen molar-refractivity contribution in [1.82, 2.24) is 5.32 Å². The molecule has 0 aromatic heterocycles. The lowest BCUT2D eigenvalue weighted by Gasteiger charge is -2.05. The van der Waals surface area contributed by atoms with E-state index < -0.39 is 0 Å². The highest BCUT2D eigenvalue weighted by Gasteiger charge is 2.01. The number of hydrogen-bond acceptors (Lipinski definition) is 2. The van der Waals surface area contributed by atoms with Crippen LogP contribution in [0.2, 0.25) is 0 Å². The van der Waals surface area contributed by atoms with E-state index in [1.165, 1.54) is 0 Å². The molecule has 0 bridgehead atoms. The Morgan fingerprint density at radius 1 is 1.47 bits per heavy atom. The molecule has 3 nitrogen and oxygen atoms in total. The minimum Gasteiger partial charge on any atom is -0.356 e. The van der Waals surface area contributed by atoms with Crippen molar-refractivity contribution in [3.63, 3.8) is 0 Å². The van der Waals surface area contributed by atoms with Gasteiger partial charge in [-0.1, -0.05) is 0 Å². The molecule has 0 aromatic rings. The van der Waals surface area contributed by atoms with Gasteiger partial charge in [0.05, 0.1) is 0 Å². The van der Waals surface area contributed by atoms with E-state index >= 15 is 0 Å². The van der Waals surface area contributed by atoms with Crippen LogP contribution in [0.4, 0.5) is 0 Å². The molecule has 0 saturated heterocycles. The number of nitrogens with one attached hydrogen (secondary N) is 1. The van der Waals surface area contributed by atoms with Crippen molar-refractivity contribution in [1.29, 1.82) is 0 Å². The van der Waals surface area contributed by atoms with Gasteiger partial charge in [0, 0.05) is 25.4 Å². The second kappa shape index (κ2) is 9.54. The highest BCUT2D eigenvalue weighted by molar-refractivity contribution is 5.75. The van der Waals surface area contributed by atoms with E-state index in [1.54, 1.807) is 0 Å². The predicted molar refractivity (Wildman–Crippen MR) is 63.2 cm³/mol. The second-order valence-corrected chi connectivity index (χ2v) is 3.88. The van der Waals surface area contributed by atoms with Gasteiger partial charge in [0.15, 0.2) is 0 Å². The molecule has 0 spiro atoms. The Morgan fingerprint density at radius 3 is 2.80 bits per heavy atom. The van der Waals surface area contributed by atoms with Crippen LogP contribution in [0.15, 0.2) is 0 Å². The van der Waals surface area contributed by atoms with Crippen LogP contribution >= 0.6 is 0 Å². The highest BCUT2D eigenvalue weighted by atomic mass is 16.1. The minimum absolute atomic E-state index is 0.122. The first-order valence-electron chi connectivity index (χ1n) is 5.62. The quantitative estimate of drug-likeness (QED) is 0.470. The largest absolute Gasteiger partial charge is 0.356 e. The number of rotatable bonds is 8. The minimum atomic E-state index is 0.122. The first kappa shape index (κ1) is 14.0. The van der Waals surface area contributed by atoms with Crippen LogP contribution in [-0.2, 0) is 4.79 Å². The Balaban J connectivity index is 3.23. The summed E-state index contributed by atoms with van der Waals surface area (Å²) in [5.74, 6) is 2.70. The zero-order valence-electron chi connectivity index (χ0n) is 9.59. The van der Waals surface area contributed by atoms with Gasteiger partial charge in [0.1, 0.15) is 0 Å². The maximum absolute atomic E-state index is 11.3. The van der Waals surface area contributed by atoms with Gasteiger partial charge in [-0.05, 0) is 32.6 Å². The maximum Gasteiger partial charge on any atom is 0.219 e. The van der Waals surface area contributed by atoms with E-state index in [1.807, 2.05) is 6.92 Å². The second-order valence-electron chi connectivity index (χ2n) is 3.88. The Bertz CT molecular complexity index is 206. The molecule has 1 atom stereocenters. The van der Waals surface area contributed by atoms with Crippen molar-refractivity contribution >= 4 is 5.91 Å². The summed E-state index contributed by atoms with van der Waals surface area (Å²) in [7, 11) is 0. The van der Waals surface area contributed by atoms with E-state index in [9.17, 15) is 4.79 Å². The van der Waals surface area contributed by atoms with Crippen molar-refractivity contribution in [2.75, 3.05) is 6.54 Å². The standard InChI is InChI=1S/C12H22N2O/c1-3-4-5-6-10-14-12(15)9-7-8-11(2)13/h1,11H,4-10,13H2,2H3,(H,14,15). The van der Waals surface area contributed by atoms with Crippen LogP contribution in [0.3, 0.4) is 0 Å². The molecular formula is C12H22N2O. The average Bonchev–Trinajstić information content (AvgIpc) is 2.17. The van der Waals surface area contributed by atoms with Crippen molar-refractivity contribution in [3.05, 3.63) is 0 Å². The molecule has 0 rings (SSSR count). The smallest absolute Gasteiger partial charge is 0.219 e. The molecular weight excluding hydrogens is 188 g/mol. The molecule has 0 radical (unpaired) electrons. The Hall–Kier alpha value is -1.01. The van der Waals surface area contributed by atoms with Crippen LogP contribution in [0, 0.1) is 12.3 Å². The van der Waals surface area contributed by atoms with Crippen LogP contribution < -0.4 is 11.1 Å². The van der Waals surface area contributed by atoms with Gasteiger partial charge in [-0.3, -0.25) is 4.79 Å². The monoisotopic (exact) mass is 210 g/mol. The molecule has 1 unspecified atom stereocenters. The van der Waals surface area contributed by atoms with E-state index in [2.05, 4.69) is 11.2 Å². The van der Waals surface area contributed by atoms with Gasteiger partial charge in [0.2, 0.25) is 5.91 Å². The van der Waals surface area contributed by atoms with E-state index in [4.69, 9.17) is 12.2 Å². The lowest BCUT2D eigenvalue weighted by Crippen LogP contribution is -2.24. The lowest BCUT2D eigenvalue weighted by atomic mass is 10.1. The highest BCUT2D eigenvalue weighted by Crippen LogP contribution is 1.98. The first-order chi connectivity index (χ1) is 7.16. The number of nitrogens with two attached hydrogens (primary N) is 1. The number of hydrogen-bond donors (Lipinski definition) is 2. The molecule has 1 amide bonds. The molecule has 15 heavy (non-hydrogen) atoms. The molecule has 0 heterocycles. The van der Waals surface area contributed by atoms with Crippen molar-refractivity contribution in [2.24, 2.45) is 5.73 Å². The Labute approximate surface area is 92.8 Å². The van der Waals surface area contributed by atoms with Gasteiger partial charge >= 0.3 is 0 Å². The topological polar surface area (TPSA) is 55.1 Å². The third-order valence-electron chi connectivity index (χ3n) is 2.13. The molecule has 0 aliphatic carbocycles. The third kappa shape index (κ3) is 10.9. The lowest BCUT2D eigenvalue weighted by molar-refractivity contribution is -0.121. The first-order valence-corrected chi connectivity index (χ1v) is 5.62. The van der Waals surface area contributed by atoms with Crippen molar-refractivity contribution < 1.29 is 4.79 Å². The van der Waals surface area contributed by atoms with Crippen molar-refractivity contribution in [3.8, 4) is 12.3 Å². The number of carbonyl (C=O) groups is 1. The average molecular weight is 210 g/mol. The zero-order chi connectivity index (χ0) is 11.5. The fourth-order valence-corrected chi connectivity index (χ4v) is 1.25. The molecule has 86 valence electrons. The summed E-state index contributed by atoms with van der Waals surface area (Å²) in [6.07, 6.45) is 10.2. The van der Waals surface area contributed by atoms with Gasteiger partial charge < -0.3 is 11.1 Å². The maximum atomic E-state index is 11.3. The summed E-state index contributed by atoms with van der Waals surface area (Å²) in [6.45, 7) is 2.69. The normalized spacial score (nSPS) is 11.8. The zero-order valence-corrected chi connectivity index (χ0v) is 9.59. The van der Waals surface area contributed by atoms with Gasteiger partial charge in [-0.25, -0.2) is 0 Å². The van der Waals surface area contributed by atoms with Crippen molar-refractivity contribution in [2.45, 2.75) is 51.5 Å². The molecule has 0 aliphatic rings. The van der Waals surface area contributed by atoms with Crippen LogP contribution in [0.5, 0.6) is 0 Å². The van der Waals surface area contributed by atoms with Crippen LogP contribution in [0.25, 0.3) is 0 Å². The van der Waals surface area contributed by atoms with Crippen LogP contribution in [0.1, 0.15) is 45.4 Å². The summed E-state index contributed by atoms with van der Waals surface area (Å²) in [4.78, 5) is 11.3. The van der Waals surface area contributed by atoms with Gasteiger partial charge in [-0.15, -0.1) is 12.3 Å². The molecule has 0 saturated carbocycles. The Kier molecular flexibility index (Phi) is 8.90.